The van der Waals surface area contributed by atoms with Crippen LogP contribution in [-0.2, 0) is 0 Å². The van der Waals surface area contributed by atoms with Crippen LogP contribution >= 0.6 is 0 Å². The van der Waals surface area contributed by atoms with Crippen LogP contribution in [0.1, 0.15) is 22.6 Å². The highest BCUT2D eigenvalue weighted by molar-refractivity contribution is 5.91. The normalized spacial score (nSPS) is 14.3. The van der Waals surface area contributed by atoms with Crippen LogP contribution in [0.2, 0.25) is 0 Å². The van der Waals surface area contributed by atoms with Crippen LogP contribution in [0.15, 0.2) is 91.3 Å². The number of rotatable bonds is 3. The van der Waals surface area contributed by atoms with Crippen LogP contribution < -0.4 is 9.47 Å². The van der Waals surface area contributed by atoms with Crippen molar-refractivity contribution in [3.63, 3.8) is 0 Å². The van der Waals surface area contributed by atoms with E-state index in [1.165, 1.54) is 0 Å². The number of hydrogen-bond donors (Lipinski definition) is 1. The molecule has 3 heterocycles. The number of fused-ring (bicyclic) bond motifs is 6. The van der Waals surface area contributed by atoms with Gasteiger partial charge >= 0.3 is 0 Å². The summed E-state index contributed by atoms with van der Waals surface area (Å²) < 4.78 is 13.4. The number of aromatic hydroxyl groups is 1. The van der Waals surface area contributed by atoms with Gasteiger partial charge in [0, 0.05) is 11.5 Å². The predicted octanol–water partition coefficient (Wildman–Crippen LogP) is 5.94. The van der Waals surface area contributed by atoms with Gasteiger partial charge in [0.1, 0.15) is 23.6 Å². The molecule has 2 aromatic heterocycles. The first kappa shape index (κ1) is 20.5. The molecule has 0 radical (unpaired) electrons. The van der Waals surface area contributed by atoms with Gasteiger partial charge in [0.2, 0.25) is 5.88 Å². The van der Waals surface area contributed by atoms with E-state index in [0.29, 0.717) is 22.9 Å². The third-order valence-electron chi connectivity index (χ3n) is 6.70. The summed E-state index contributed by atoms with van der Waals surface area (Å²) in [5, 5.41) is 17.3. The van der Waals surface area contributed by atoms with E-state index in [9.17, 15) is 5.11 Å². The second-order valence-corrected chi connectivity index (χ2v) is 8.69. The summed E-state index contributed by atoms with van der Waals surface area (Å²) in [5.41, 5.74) is 4.10. The number of benzene rings is 4. The smallest absolute Gasteiger partial charge is 0.228 e. The van der Waals surface area contributed by atoms with E-state index in [4.69, 9.17) is 14.5 Å². The summed E-state index contributed by atoms with van der Waals surface area (Å²) in [5.74, 6) is 2.36. The number of phenolic OH excluding ortho intramolecular Hbond substituents is 1. The molecular formula is C29H20N4O3. The van der Waals surface area contributed by atoms with Crippen LogP contribution in [0.3, 0.4) is 0 Å². The second kappa shape index (κ2) is 7.81. The quantitative estimate of drug-likeness (QED) is 0.343. The van der Waals surface area contributed by atoms with Crippen molar-refractivity contribution in [1.82, 2.24) is 19.6 Å². The molecule has 0 aliphatic carbocycles. The highest BCUT2D eigenvalue weighted by atomic mass is 16.5. The molecule has 0 fully saturated rings. The fourth-order valence-electron chi connectivity index (χ4n) is 5.01. The van der Waals surface area contributed by atoms with Crippen molar-refractivity contribution in [3.05, 3.63) is 108 Å². The van der Waals surface area contributed by atoms with Crippen molar-refractivity contribution in [2.45, 2.75) is 5.92 Å². The maximum atomic E-state index is 10.4. The molecule has 1 unspecified atom stereocenters. The standard InChI is InChI=1S/C29H20N4O3/c1-35-19-13-10-18(11-14-19)24-25-20-7-3-2-6-17(20)12-15-23(25)36-29-26(24)28-31-27(32-33(28)16-30-29)21-8-4-5-9-22(21)34/h2-16,24,34H,1H3. The van der Waals surface area contributed by atoms with Crippen LogP contribution in [0, 0.1) is 0 Å². The Hall–Kier alpha value is -4.91. The highest BCUT2D eigenvalue weighted by Crippen LogP contribution is 2.50. The molecule has 0 amide bonds. The Morgan fingerprint density at radius 1 is 0.889 bits per heavy atom. The average molecular weight is 473 g/mol. The Morgan fingerprint density at radius 3 is 2.53 bits per heavy atom. The molecule has 7 nitrogen and oxygen atoms in total. The van der Waals surface area contributed by atoms with Crippen molar-refractivity contribution in [1.29, 1.82) is 0 Å². The molecule has 1 atom stereocenters. The fourth-order valence-corrected chi connectivity index (χ4v) is 5.01. The van der Waals surface area contributed by atoms with Gasteiger partial charge in [0.25, 0.3) is 0 Å². The van der Waals surface area contributed by atoms with Crippen LogP contribution in [0.4, 0.5) is 0 Å². The van der Waals surface area contributed by atoms with Crippen molar-refractivity contribution in [3.8, 4) is 34.5 Å². The minimum atomic E-state index is -0.210. The molecule has 4 aromatic carbocycles. The number of methoxy groups -OCH3 is 1. The molecule has 0 saturated heterocycles. The average Bonchev–Trinajstić information content (AvgIpc) is 3.36. The Balaban J connectivity index is 1.53. The lowest BCUT2D eigenvalue weighted by molar-refractivity contribution is 0.414. The highest BCUT2D eigenvalue weighted by Gasteiger charge is 2.34. The lowest BCUT2D eigenvalue weighted by Crippen LogP contribution is -2.15. The molecule has 0 spiro atoms. The van der Waals surface area contributed by atoms with Crippen molar-refractivity contribution in [2.24, 2.45) is 0 Å². The summed E-state index contributed by atoms with van der Waals surface area (Å²) in [6, 6.07) is 27.4. The predicted molar refractivity (Wildman–Crippen MR) is 136 cm³/mol. The third-order valence-corrected chi connectivity index (χ3v) is 6.70. The molecule has 1 aliphatic rings. The van der Waals surface area contributed by atoms with E-state index in [1.54, 1.807) is 36.2 Å². The topological polar surface area (TPSA) is 81.8 Å². The minimum absolute atomic E-state index is 0.120. The Morgan fingerprint density at radius 2 is 1.69 bits per heavy atom. The van der Waals surface area contributed by atoms with E-state index in [-0.39, 0.29) is 11.7 Å². The molecule has 7 rings (SSSR count). The number of nitrogens with zero attached hydrogens (tertiary/aromatic N) is 4. The van der Waals surface area contributed by atoms with Gasteiger partial charge in [0.15, 0.2) is 11.5 Å². The monoisotopic (exact) mass is 472 g/mol. The maximum absolute atomic E-state index is 10.4. The molecule has 0 bridgehead atoms. The van der Waals surface area contributed by atoms with E-state index in [2.05, 4.69) is 40.4 Å². The molecule has 1 aliphatic heterocycles. The molecule has 174 valence electrons. The first-order valence-corrected chi connectivity index (χ1v) is 11.6. The van der Waals surface area contributed by atoms with E-state index < -0.39 is 0 Å². The molecule has 0 saturated carbocycles. The van der Waals surface area contributed by atoms with E-state index in [0.717, 1.165) is 39.0 Å². The van der Waals surface area contributed by atoms with E-state index >= 15 is 0 Å². The zero-order valence-corrected chi connectivity index (χ0v) is 19.3. The first-order chi connectivity index (χ1) is 17.7. The largest absolute Gasteiger partial charge is 0.507 e. The zero-order chi connectivity index (χ0) is 24.2. The summed E-state index contributed by atoms with van der Waals surface area (Å²) >= 11 is 0. The van der Waals surface area contributed by atoms with Gasteiger partial charge in [-0.25, -0.2) is 14.5 Å². The summed E-state index contributed by atoms with van der Waals surface area (Å²) in [4.78, 5) is 9.48. The maximum Gasteiger partial charge on any atom is 0.228 e. The Kier molecular flexibility index (Phi) is 4.44. The molecule has 1 N–H and O–H groups in total. The zero-order valence-electron chi connectivity index (χ0n) is 19.3. The number of para-hydroxylation sites is 1. The Bertz CT molecular complexity index is 1780. The van der Waals surface area contributed by atoms with Gasteiger partial charge in [-0.15, -0.1) is 5.10 Å². The molecule has 7 heteroatoms. The Labute approximate surface area is 206 Å². The van der Waals surface area contributed by atoms with E-state index in [1.807, 2.05) is 36.4 Å². The van der Waals surface area contributed by atoms with Gasteiger partial charge in [-0.05, 0) is 46.7 Å². The van der Waals surface area contributed by atoms with Crippen LogP contribution in [-0.4, -0.2) is 31.8 Å². The van der Waals surface area contributed by atoms with Crippen molar-refractivity contribution >= 4 is 16.4 Å². The minimum Gasteiger partial charge on any atom is -0.507 e. The van der Waals surface area contributed by atoms with Gasteiger partial charge in [-0.2, -0.15) is 0 Å². The molecule has 36 heavy (non-hydrogen) atoms. The van der Waals surface area contributed by atoms with Gasteiger partial charge in [-0.3, -0.25) is 0 Å². The summed E-state index contributed by atoms with van der Waals surface area (Å²) in [6.45, 7) is 0. The fraction of sp³-hybridized carbons (Fsp3) is 0.0690. The van der Waals surface area contributed by atoms with Gasteiger partial charge < -0.3 is 14.6 Å². The number of hydrogen-bond acceptors (Lipinski definition) is 6. The second-order valence-electron chi connectivity index (χ2n) is 8.69. The number of phenols is 1. The molecular weight excluding hydrogens is 452 g/mol. The molecule has 6 aromatic rings. The number of ether oxygens (including phenoxy) is 2. The summed E-state index contributed by atoms with van der Waals surface area (Å²) in [6.07, 6.45) is 1.60. The van der Waals surface area contributed by atoms with Crippen molar-refractivity contribution < 1.29 is 14.6 Å². The summed E-state index contributed by atoms with van der Waals surface area (Å²) in [7, 11) is 1.66. The SMILES string of the molecule is COc1ccc(C2c3c(ccc4ccccc34)Oc3ncn4nc(-c5ccccc5O)nc4c32)cc1. The lowest BCUT2D eigenvalue weighted by Gasteiger charge is -2.29. The number of aromatic nitrogens is 4. The van der Waals surface area contributed by atoms with Gasteiger partial charge in [0.05, 0.1) is 18.2 Å². The van der Waals surface area contributed by atoms with Crippen LogP contribution in [0.25, 0.3) is 27.8 Å². The lowest BCUT2D eigenvalue weighted by atomic mass is 9.81. The first-order valence-electron chi connectivity index (χ1n) is 11.6. The van der Waals surface area contributed by atoms with Crippen molar-refractivity contribution in [2.75, 3.05) is 7.11 Å². The third kappa shape index (κ3) is 3.03. The van der Waals surface area contributed by atoms with Crippen LogP contribution in [0.5, 0.6) is 23.1 Å². The van der Waals surface area contributed by atoms with Gasteiger partial charge in [-0.1, -0.05) is 54.6 Å².